The molecule has 3 aromatic carbocycles. The molecule has 162 valence electrons. The van der Waals surface area contributed by atoms with Crippen molar-refractivity contribution < 1.29 is 14.4 Å². The lowest BCUT2D eigenvalue weighted by atomic mass is 10.0. The molecule has 0 saturated carbocycles. The minimum Gasteiger partial charge on any atom is -0.354 e. The van der Waals surface area contributed by atoms with E-state index in [0.717, 1.165) is 0 Å². The van der Waals surface area contributed by atoms with Crippen LogP contribution in [0.4, 0.5) is 0 Å². The number of hydrogen-bond donors (Lipinski definition) is 3. The summed E-state index contributed by atoms with van der Waals surface area (Å²) < 4.78 is 13.2. The average Bonchev–Trinajstić information content (AvgIpc) is 2.72. The lowest BCUT2D eigenvalue weighted by molar-refractivity contribution is 0.370. The van der Waals surface area contributed by atoms with Gasteiger partial charge in [0.2, 0.25) is 0 Å². The van der Waals surface area contributed by atoms with Gasteiger partial charge in [-0.25, -0.2) is 0 Å². The lowest BCUT2D eigenvalue weighted by Gasteiger charge is -2.17. The first-order valence-electron chi connectivity index (χ1n) is 9.58. The molecule has 0 spiro atoms. The molecular weight excluding hydrogens is 474 g/mol. The second-order valence-corrected chi connectivity index (χ2v) is 10.2. The van der Waals surface area contributed by atoms with Crippen molar-refractivity contribution in [2.24, 2.45) is 0 Å². The van der Waals surface area contributed by atoms with Gasteiger partial charge in [0.15, 0.2) is 10.9 Å². The van der Waals surface area contributed by atoms with Crippen molar-refractivity contribution >= 4 is 74.4 Å². The van der Waals surface area contributed by atoms with Crippen LogP contribution in [0.1, 0.15) is 0 Å². The number of aromatic amines is 1. The quantitative estimate of drug-likeness (QED) is 0.253. The number of aryl methyl sites for hydroxylation is 1. The number of fused-ring (bicyclic) bond motifs is 4. The highest BCUT2D eigenvalue weighted by molar-refractivity contribution is 7.51. The number of pyridine rings is 2. The number of benzene rings is 3. The Balaban J connectivity index is 1.95. The summed E-state index contributed by atoms with van der Waals surface area (Å²) in [6.07, 6.45) is -0.433. The summed E-state index contributed by atoms with van der Waals surface area (Å²) in [5.74, 6) is 0. The zero-order chi connectivity index (χ0) is 22.8. The maximum absolute atomic E-state index is 13.3. The first-order chi connectivity index (χ1) is 15.1. The van der Waals surface area contributed by atoms with Crippen molar-refractivity contribution in [2.45, 2.75) is 6.54 Å². The van der Waals surface area contributed by atoms with Crippen molar-refractivity contribution in [3.05, 3.63) is 79.0 Å². The summed E-state index contributed by atoms with van der Waals surface area (Å²) in [6.45, 7) is -0.0650. The van der Waals surface area contributed by atoms with Gasteiger partial charge in [-0.2, -0.15) is 0 Å². The monoisotopic (exact) mass is 488 g/mol. The highest BCUT2D eigenvalue weighted by atomic mass is 35.5. The number of nitrogens with one attached hydrogen (secondary N) is 1. The number of halogens is 2. The molecule has 5 aromatic rings. The zero-order valence-electron chi connectivity index (χ0n) is 16.3. The van der Waals surface area contributed by atoms with Crippen LogP contribution >= 0.6 is 30.8 Å². The minimum atomic E-state index is -4.32. The fourth-order valence-electron chi connectivity index (χ4n) is 4.06. The van der Waals surface area contributed by atoms with E-state index in [1.54, 1.807) is 53.1 Å². The number of nitrogens with zero attached hydrogens (tertiary/aromatic N) is 1. The molecule has 7 nitrogen and oxygen atoms in total. The first-order valence-corrected chi connectivity index (χ1v) is 12.1. The van der Waals surface area contributed by atoms with Gasteiger partial charge < -0.3 is 19.3 Å². The van der Waals surface area contributed by atoms with Gasteiger partial charge in [0.1, 0.15) is 0 Å². The Bertz CT molecular complexity index is 1750. The predicted octanol–water partition coefficient (Wildman–Crippen LogP) is 4.63. The van der Waals surface area contributed by atoms with E-state index in [2.05, 4.69) is 4.98 Å². The Kier molecular flexibility index (Phi) is 4.93. The van der Waals surface area contributed by atoms with Crippen LogP contribution < -0.4 is 10.9 Å². The molecule has 0 amide bonds. The SMILES string of the molecule is O=c1c2ccc(Cl)cc2[nH]c2cc3c(=O)c4ccc(Cl)cc4n(CCP(=O)(O)O)c3cc12. The van der Waals surface area contributed by atoms with Crippen LogP contribution in [0.15, 0.2) is 58.1 Å². The van der Waals surface area contributed by atoms with Gasteiger partial charge in [0.25, 0.3) is 0 Å². The second-order valence-electron chi connectivity index (χ2n) is 7.59. The highest BCUT2D eigenvalue weighted by Gasteiger charge is 2.18. The van der Waals surface area contributed by atoms with Crippen molar-refractivity contribution in [3.8, 4) is 0 Å². The Morgan fingerprint density at radius 3 is 2.09 bits per heavy atom. The van der Waals surface area contributed by atoms with E-state index in [-0.39, 0.29) is 17.4 Å². The van der Waals surface area contributed by atoms with Gasteiger partial charge in [0.05, 0.1) is 28.2 Å². The van der Waals surface area contributed by atoms with Gasteiger partial charge in [-0.3, -0.25) is 14.2 Å². The van der Waals surface area contributed by atoms with Gasteiger partial charge in [-0.05, 0) is 48.5 Å². The van der Waals surface area contributed by atoms with Crippen molar-refractivity contribution in [3.63, 3.8) is 0 Å². The number of hydrogen-bond acceptors (Lipinski definition) is 3. The van der Waals surface area contributed by atoms with Gasteiger partial charge >= 0.3 is 7.60 Å². The van der Waals surface area contributed by atoms with E-state index in [0.29, 0.717) is 53.7 Å². The fraction of sp³-hybridized carbons (Fsp3) is 0.0909. The third kappa shape index (κ3) is 3.52. The number of aromatic nitrogens is 2. The maximum Gasteiger partial charge on any atom is 0.327 e. The van der Waals surface area contributed by atoms with Crippen LogP contribution in [0.2, 0.25) is 10.0 Å². The molecular formula is C22H15Cl2N2O5P. The Hall–Kier alpha value is -2.67. The summed E-state index contributed by atoms with van der Waals surface area (Å²) in [7, 11) is -4.32. The maximum atomic E-state index is 13.3. The molecule has 0 fully saturated rings. The molecule has 0 atom stereocenters. The molecule has 0 unspecified atom stereocenters. The Morgan fingerprint density at radius 2 is 1.38 bits per heavy atom. The zero-order valence-corrected chi connectivity index (χ0v) is 18.7. The topological polar surface area (TPSA) is 112 Å². The third-order valence-corrected chi connectivity index (χ3v) is 6.77. The lowest BCUT2D eigenvalue weighted by Crippen LogP contribution is -2.15. The smallest absolute Gasteiger partial charge is 0.327 e. The summed E-state index contributed by atoms with van der Waals surface area (Å²) in [5.41, 5.74) is 1.32. The molecule has 0 aliphatic carbocycles. The third-order valence-electron chi connectivity index (χ3n) is 5.52. The fourth-order valence-corrected chi connectivity index (χ4v) is 4.86. The molecule has 2 heterocycles. The van der Waals surface area contributed by atoms with E-state index in [1.807, 2.05) is 0 Å². The van der Waals surface area contributed by atoms with Crippen molar-refractivity contribution in [2.75, 3.05) is 6.16 Å². The van der Waals surface area contributed by atoms with Crippen molar-refractivity contribution in [1.82, 2.24) is 9.55 Å². The molecule has 32 heavy (non-hydrogen) atoms. The average molecular weight is 489 g/mol. The summed E-state index contributed by atoms with van der Waals surface area (Å²) >= 11 is 12.2. The molecule has 0 bridgehead atoms. The summed E-state index contributed by atoms with van der Waals surface area (Å²) in [4.78, 5) is 48.5. The summed E-state index contributed by atoms with van der Waals surface area (Å²) in [5, 5.41) is 2.30. The van der Waals surface area contributed by atoms with Crippen LogP contribution in [0.3, 0.4) is 0 Å². The minimum absolute atomic E-state index is 0.0650. The number of rotatable bonds is 3. The molecule has 0 aliphatic heterocycles. The van der Waals surface area contributed by atoms with Crippen LogP contribution in [0.25, 0.3) is 43.6 Å². The summed E-state index contributed by atoms with van der Waals surface area (Å²) in [6, 6.07) is 12.8. The van der Waals surface area contributed by atoms with Crippen LogP contribution in [-0.4, -0.2) is 25.5 Å². The van der Waals surface area contributed by atoms with Crippen LogP contribution in [-0.2, 0) is 11.1 Å². The first kappa shape index (κ1) is 21.2. The van der Waals surface area contributed by atoms with E-state index in [9.17, 15) is 23.9 Å². The van der Waals surface area contributed by atoms with Gasteiger partial charge in [-0.1, -0.05) is 23.2 Å². The van der Waals surface area contributed by atoms with Gasteiger partial charge in [-0.15, -0.1) is 0 Å². The van der Waals surface area contributed by atoms with E-state index in [1.165, 1.54) is 0 Å². The van der Waals surface area contributed by atoms with Crippen LogP contribution in [0.5, 0.6) is 0 Å². The van der Waals surface area contributed by atoms with Gasteiger partial charge in [0, 0.05) is 38.1 Å². The number of H-pyrrole nitrogens is 1. The highest BCUT2D eigenvalue weighted by Crippen LogP contribution is 2.35. The molecule has 0 aliphatic rings. The molecule has 2 aromatic heterocycles. The van der Waals surface area contributed by atoms with E-state index < -0.39 is 13.8 Å². The van der Waals surface area contributed by atoms with Crippen LogP contribution in [0, 0.1) is 0 Å². The second kappa shape index (κ2) is 7.44. The molecule has 3 N–H and O–H groups in total. The largest absolute Gasteiger partial charge is 0.354 e. The standard InChI is InChI=1S/C22H15Cl2N2O5P/c23-11-1-3-13-17(7-11)25-18-9-16-20(10-15(18)21(13)27)26(5-6-32(29,30)31)19-8-12(24)2-4-14(19)22(16)28/h1-4,7-10H,5-6H2,(H,25,27)(H2,29,30,31). The Labute approximate surface area is 190 Å². The molecule has 10 heteroatoms. The van der Waals surface area contributed by atoms with Crippen molar-refractivity contribution in [1.29, 1.82) is 0 Å². The Morgan fingerprint density at radius 1 is 0.781 bits per heavy atom. The van der Waals surface area contributed by atoms with E-state index >= 15 is 0 Å². The molecule has 5 rings (SSSR count). The molecule has 0 radical (unpaired) electrons. The molecule has 0 saturated heterocycles. The normalized spacial score (nSPS) is 12.4. The van der Waals surface area contributed by atoms with E-state index in [4.69, 9.17) is 23.2 Å². The predicted molar refractivity (Wildman–Crippen MR) is 128 cm³/mol.